The first-order chi connectivity index (χ1) is 7.58. The van der Waals surface area contributed by atoms with Gasteiger partial charge in [0.2, 0.25) is 11.8 Å². The Balaban J connectivity index is 1.78. The van der Waals surface area contributed by atoms with Crippen molar-refractivity contribution >= 4 is 11.8 Å². The van der Waals surface area contributed by atoms with Crippen LogP contribution in [0.1, 0.15) is 32.6 Å². The van der Waals surface area contributed by atoms with Gasteiger partial charge in [-0.25, -0.2) is 0 Å². The van der Waals surface area contributed by atoms with Crippen LogP contribution in [0.4, 0.5) is 0 Å². The van der Waals surface area contributed by atoms with Gasteiger partial charge in [-0.05, 0) is 31.2 Å². The van der Waals surface area contributed by atoms with Crippen LogP contribution in [0.15, 0.2) is 0 Å². The maximum absolute atomic E-state index is 11.6. The first kappa shape index (κ1) is 11.6. The van der Waals surface area contributed by atoms with Gasteiger partial charge in [0.25, 0.3) is 0 Å². The van der Waals surface area contributed by atoms with Gasteiger partial charge in [-0.3, -0.25) is 14.5 Å². The molecule has 0 bridgehead atoms. The lowest BCUT2D eigenvalue weighted by Crippen LogP contribution is -2.39. The van der Waals surface area contributed by atoms with Crippen LogP contribution in [-0.2, 0) is 9.59 Å². The lowest BCUT2D eigenvalue weighted by Gasteiger charge is -2.14. The van der Waals surface area contributed by atoms with Crippen LogP contribution in [-0.4, -0.2) is 36.3 Å². The predicted octanol–water partition coefficient (Wildman–Crippen LogP) is 0.770. The number of carbonyl (C=O) groups is 2. The van der Waals surface area contributed by atoms with Crippen molar-refractivity contribution in [1.82, 2.24) is 10.2 Å². The summed E-state index contributed by atoms with van der Waals surface area (Å²) in [7, 11) is 1.56. The molecule has 4 nitrogen and oxygen atoms in total. The second-order valence-electron chi connectivity index (χ2n) is 5.24. The Hall–Kier alpha value is -0.900. The zero-order valence-corrected chi connectivity index (χ0v) is 10.0. The van der Waals surface area contributed by atoms with Crippen molar-refractivity contribution in [2.45, 2.75) is 38.6 Å². The molecule has 0 aromatic heterocycles. The Morgan fingerprint density at radius 1 is 1.38 bits per heavy atom. The maximum atomic E-state index is 11.6. The van der Waals surface area contributed by atoms with Crippen LogP contribution in [0.5, 0.6) is 0 Å². The smallest absolute Gasteiger partial charge is 0.246 e. The van der Waals surface area contributed by atoms with E-state index in [1.54, 1.807) is 7.05 Å². The molecular weight excluding hydrogens is 204 g/mol. The summed E-state index contributed by atoms with van der Waals surface area (Å²) in [6.07, 6.45) is 4.12. The van der Waals surface area contributed by atoms with E-state index < -0.39 is 0 Å². The highest BCUT2D eigenvalue weighted by molar-refractivity contribution is 6.05. The second-order valence-corrected chi connectivity index (χ2v) is 5.24. The molecule has 4 heteroatoms. The third-order valence-corrected chi connectivity index (χ3v) is 3.84. The Morgan fingerprint density at radius 2 is 2.12 bits per heavy atom. The summed E-state index contributed by atoms with van der Waals surface area (Å²) in [6.45, 7) is 3.15. The average molecular weight is 224 g/mol. The normalized spacial score (nSPS) is 35.1. The zero-order chi connectivity index (χ0) is 11.7. The van der Waals surface area contributed by atoms with E-state index in [2.05, 4.69) is 12.2 Å². The number of likely N-dealkylation sites (tertiary alicyclic amines) is 1. The summed E-state index contributed by atoms with van der Waals surface area (Å²) in [6, 6.07) is -0.270. The maximum Gasteiger partial charge on any atom is 0.246 e. The molecule has 1 aliphatic carbocycles. The van der Waals surface area contributed by atoms with Crippen molar-refractivity contribution in [2.24, 2.45) is 11.8 Å². The predicted molar refractivity (Wildman–Crippen MR) is 60.7 cm³/mol. The number of imide groups is 1. The number of amides is 2. The number of hydrogen-bond acceptors (Lipinski definition) is 3. The zero-order valence-electron chi connectivity index (χ0n) is 10.0. The molecule has 0 spiro atoms. The molecule has 1 heterocycles. The van der Waals surface area contributed by atoms with Gasteiger partial charge in [0, 0.05) is 7.05 Å². The van der Waals surface area contributed by atoms with Crippen molar-refractivity contribution in [1.29, 1.82) is 0 Å². The molecule has 1 aliphatic heterocycles. The molecule has 1 saturated heterocycles. The molecule has 1 saturated carbocycles. The molecule has 90 valence electrons. The molecule has 3 atom stereocenters. The largest absolute Gasteiger partial charge is 0.305 e. The second kappa shape index (κ2) is 4.53. The fourth-order valence-electron chi connectivity index (χ4n) is 2.73. The highest BCUT2D eigenvalue weighted by Gasteiger charge is 2.36. The van der Waals surface area contributed by atoms with E-state index >= 15 is 0 Å². The van der Waals surface area contributed by atoms with Gasteiger partial charge >= 0.3 is 0 Å². The van der Waals surface area contributed by atoms with Gasteiger partial charge in [-0.2, -0.15) is 0 Å². The van der Waals surface area contributed by atoms with Crippen LogP contribution >= 0.6 is 0 Å². The van der Waals surface area contributed by atoms with Gasteiger partial charge < -0.3 is 5.32 Å². The van der Waals surface area contributed by atoms with E-state index in [-0.39, 0.29) is 17.9 Å². The minimum atomic E-state index is -0.270. The van der Waals surface area contributed by atoms with Crippen LogP contribution in [0.3, 0.4) is 0 Å². The van der Waals surface area contributed by atoms with Crippen molar-refractivity contribution in [3.05, 3.63) is 0 Å². The van der Waals surface area contributed by atoms with Crippen molar-refractivity contribution < 1.29 is 9.59 Å². The number of rotatable bonds is 3. The van der Waals surface area contributed by atoms with Crippen molar-refractivity contribution in [3.8, 4) is 0 Å². The Morgan fingerprint density at radius 3 is 2.62 bits per heavy atom. The van der Waals surface area contributed by atoms with Gasteiger partial charge in [0.05, 0.1) is 12.5 Å². The van der Waals surface area contributed by atoms with Crippen LogP contribution in [0.25, 0.3) is 0 Å². The van der Waals surface area contributed by atoms with Crippen molar-refractivity contribution in [3.63, 3.8) is 0 Å². The highest BCUT2D eigenvalue weighted by Crippen LogP contribution is 2.29. The molecule has 2 fully saturated rings. The number of nitrogens with zero attached hydrogens (tertiary/aromatic N) is 1. The first-order valence-electron chi connectivity index (χ1n) is 6.11. The van der Waals surface area contributed by atoms with E-state index in [4.69, 9.17) is 0 Å². The van der Waals surface area contributed by atoms with Crippen molar-refractivity contribution in [2.75, 3.05) is 13.6 Å². The highest BCUT2D eigenvalue weighted by atomic mass is 16.2. The molecule has 2 rings (SSSR count). The Kier molecular flexibility index (Phi) is 3.28. The lowest BCUT2D eigenvalue weighted by atomic mass is 10.1. The molecule has 0 radical (unpaired) electrons. The van der Waals surface area contributed by atoms with Gasteiger partial charge in [0.1, 0.15) is 0 Å². The summed E-state index contributed by atoms with van der Waals surface area (Å²) in [5.41, 5.74) is 0. The summed E-state index contributed by atoms with van der Waals surface area (Å²) in [4.78, 5) is 24.2. The quantitative estimate of drug-likeness (QED) is 0.720. The number of carbonyl (C=O) groups excluding carboxylic acids is 2. The lowest BCUT2D eigenvalue weighted by molar-refractivity contribution is -0.137. The fraction of sp³-hybridized carbons (Fsp3) is 0.833. The van der Waals surface area contributed by atoms with Gasteiger partial charge in [0.15, 0.2) is 0 Å². The molecule has 2 aliphatic rings. The fourth-order valence-corrected chi connectivity index (χ4v) is 2.73. The average Bonchev–Trinajstić information content (AvgIpc) is 2.76. The van der Waals surface area contributed by atoms with E-state index in [0.29, 0.717) is 12.3 Å². The van der Waals surface area contributed by atoms with E-state index in [1.807, 2.05) is 0 Å². The van der Waals surface area contributed by atoms with E-state index in [0.717, 1.165) is 12.5 Å². The standard InChI is InChI=1S/C12H20N2O2/c1-8-3-4-9(5-8)7-13-10-6-11(15)14(2)12(10)16/h8-10,13H,3-7H2,1-2H3. The van der Waals surface area contributed by atoms with Gasteiger partial charge in [-0.1, -0.05) is 13.3 Å². The minimum Gasteiger partial charge on any atom is -0.305 e. The van der Waals surface area contributed by atoms with Crippen LogP contribution in [0.2, 0.25) is 0 Å². The molecule has 1 N–H and O–H groups in total. The van der Waals surface area contributed by atoms with E-state index in [9.17, 15) is 9.59 Å². The third kappa shape index (κ3) is 2.26. The topological polar surface area (TPSA) is 49.4 Å². The first-order valence-corrected chi connectivity index (χ1v) is 6.11. The summed E-state index contributed by atoms with van der Waals surface area (Å²) < 4.78 is 0. The van der Waals surface area contributed by atoms with Crippen LogP contribution in [0, 0.1) is 11.8 Å². The third-order valence-electron chi connectivity index (χ3n) is 3.84. The number of hydrogen-bond donors (Lipinski definition) is 1. The molecule has 0 aromatic carbocycles. The summed E-state index contributed by atoms with van der Waals surface area (Å²) >= 11 is 0. The summed E-state index contributed by atoms with van der Waals surface area (Å²) in [5.74, 6) is 1.36. The molecule has 16 heavy (non-hydrogen) atoms. The van der Waals surface area contributed by atoms with E-state index in [1.165, 1.54) is 24.2 Å². The molecule has 0 aromatic rings. The monoisotopic (exact) mass is 224 g/mol. The summed E-state index contributed by atoms with van der Waals surface area (Å²) in [5, 5.41) is 3.24. The Labute approximate surface area is 96.4 Å². The molecular formula is C12H20N2O2. The number of nitrogens with one attached hydrogen (secondary N) is 1. The van der Waals surface area contributed by atoms with Crippen LogP contribution < -0.4 is 5.32 Å². The molecule has 2 amide bonds. The molecule has 3 unspecified atom stereocenters. The number of likely N-dealkylation sites (N-methyl/N-ethyl adjacent to an activating group) is 1. The minimum absolute atomic E-state index is 0.0673. The Bertz CT molecular complexity index is 303. The SMILES string of the molecule is CC1CCC(CNC2CC(=O)N(C)C2=O)C1. The van der Waals surface area contributed by atoms with Gasteiger partial charge in [-0.15, -0.1) is 0 Å².